The third kappa shape index (κ3) is 2.31. The van der Waals surface area contributed by atoms with Crippen LogP contribution in [0.3, 0.4) is 0 Å². The normalized spacial score (nSPS) is 9.00. The minimum atomic E-state index is -1.03. The van der Waals surface area contributed by atoms with E-state index in [1.165, 1.54) is 6.20 Å². The van der Waals surface area contributed by atoms with E-state index in [2.05, 4.69) is 16.8 Å². The molecule has 0 saturated heterocycles. The number of carboxylic acid groups (broad SMARTS) is 1. The van der Waals surface area contributed by atoms with Gasteiger partial charge in [0, 0.05) is 11.8 Å². The van der Waals surface area contributed by atoms with E-state index in [0.29, 0.717) is 11.1 Å². The number of pyridine rings is 1. The molecule has 0 unspecified atom stereocenters. The van der Waals surface area contributed by atoms with Gasteiger partial charge < -0.3 is 10.8 Å². The summed E-state index contributed by atoms with van der Waals surface area (Å²) in [6.07, 6.45) is 1.43. The zero-order valence-corrected chi connectivity index (χ0v) is 7.74. The molecule has 14 heavy (non-hydrogen) atoms. The van der Waals surface area contributed by atoms with E-state index >= 15 is 0 Å². The molecular formula is C10H10N2O2. The minimum Gasteiger partial charge on any atom is -0.477 e. The summed E-state index contributed by atoms with van der Waals surface area (Å²) in [6.45, 7) is 1.96. The van der Waals surface area contributed by atoms with Gasteiger partial charge in [-0.15, -0.1) is 0 Å². The first-order valence-electron chi connectivity index (χ1n) is 4.04. The molecular weight excluding hydrogens is 180 g/mol. The number of carbonyl (C=O) groups is 1. The molecule has 0 fully saturated rings. The molecule has 0 saturated carbocycles. The number of aromatic nitrogens is 1. The summed E-state index contributed by atoms with van der Waals surface area (Å²) in [5.74, 6) is 4.42. The van der Waals surface area contributed by atoms with Crippen LogP contribution in [0.5, 0.6) is 0 Å². The molecule has 3 N–H and O–H groups in total. The van der Waals surface area contributed by atoms with Gasteiger partial charge in [-0.25, -0.2) is 9.78 Å². The van der Waals surface area contributed by atoms with Gasteiger partial charge in [-0.1, -0.05) is 11.8 Å². The van der Waals surface area contributed by atoms with Gasteiger partial charge in [0.2, 0.25) is 0 Å². The highest BCUT2D eigenvalue weighted by molar-refractivity contribution is 5.87. The third-order valence-electron chi connectivity index (χ3n) is 1.62. The van der Waals surface area contributed by atoms with E-state index in [4.69, 9.17) is 10.8 Å². The van der Waals surface area contributed by atoms with Crippen LogP contribution in [0.15, 0.2) is 12.3 Å². The lowest BCUT2D eigenvalue weighted by atomic mass is 10.1. The molecule has 1 aromatic heterocycles. The van der Waals surface area contributed by atoms with Crippen LogP contribution in [-0.4, -0.2) is 22.6 Å². The smallest absolute Gasteiger partial charge is 0.354 e. The molecule has 0 aliphatic heterocycles. The molecule has 1 aromatic rings. The Morgan fingerprint density at radius 1 is 1.71 bits per heavy atom. The van der Waals surface area contributed by atoms with Crippen molar-refractivity contribution < 1.29 is 9.90 Å². The predicted molar refractivity (Wildman–Crippen MR) is 51.9 cm³/mol. The summed E-state index contributed by atoms with van der Waals surface area (Å²) in [5.41, 5.74) is 6.54. The SMILES string of the molecule is Cc1cc(C#CCN)cnc1C(=O)O. The van der Waals surface area contributed by atoms with Crippen molar-refractivity contribution in [1.29, 1.82) is 0 Å². The van der Waals surface area contributed by atoms with Gasteiger partial charge in [0.25, 0.3) is 0 Å². The number of carboxylic acids is 1. The molecule has 0 bridgehead atoms. The van der Waals surface area contributed by atoms with Gasteiger partial charge in [-0.3, -0.25) is 0 Å². The quantitative estimate of drug-likeness (QED) is 0.628. The maximum atomic E-state index is 10.6. The van der Waals surface area contributed by atoms with Crippen molar-refractivity contribution in [3.05, 3.63) is 29.1 Å². The molecule has 4 nitrogen and oxygen atoms in total. The number of rotatable bonds is 1. The molecule has 0 atom stereocenters. The number of nitrogens with zero attached hydrogens (tertiary/aromatic N) is 1. The van der Waals surface area contributed by atoms with Gasteiger partial charge in [0.05, 0.1) is 6.54 Å². The largest absolute Gasteiger partial charge is 0.477 e. The predicted octanol–water partition coefficient (Wildman–Crippen LogP) is 0.398. The van der Waals surface area contributed by atoms with E-state index in [1.54, 1.807) is 13.0 Å². The second-order valence-corrected chi connectivity index (χ2v) is 2.70. The van der Waals surface area contributed by atoms with Gasteiger partial charge in [0.1, 0.15) is 0 Å². The average Bonchev–Trinajstić information content (AvgIpc) is 2.14. The minimum absolute atomic E-state index is 0.0586. The Hall–Kier alpha value is -1.86. The zero-order valence-electron chi connectivity index (χ0n) is 7.74. The molecule has 0 amide bonds. The first kappa shape index (κ1) is 10.2. The highest BCUT2D eigenvalue weighted by atomic mass is 16.4. The van der Waals surface area contributed by atoms with Crippen LogP contribution in [0, 0.1) is 18.8 Å². The van der Waals surface area contributed by atoms with Crippen molar-refractivity contribution in [2.75, 3.05) is 6.54 Å². The van der Waals surface area contributed by atoms with Crippen molar-refractivity contribution >= 4 is 5.97 Å². The Morgan fingerprint density at radius 2 is 2.43 bits per heavy atom. The van der Waals surface area contributed by atoms with Crippen LogP contribution in [0.2, 0.25) is 0 Å². The average molecular weight is 190 g/mol. The van der Waals surface area contributed by atoms with E-state index in [-0.39, 0.29) is 12.2 Å². The molecule has 0 spiro atoms. The van der Waals surface area contributed by atoms with Crippen LogP contribution >= 0.6 is 0 Å². The number of hydrogen-bond acceptors (Lipinski definition) is 3. The number of aryl methyl sites for hydroxylation is 1. The molecule has 1 heterocycles. The number of aromatic carboxylic acids is 1. The Bertz CT molecular complexity index is 416. The van der Waals surface area contributed by atoms with Crippen molar-refractivity contribution in [3.8, 4) is 11.8 Å². The van der Waals surface area contributed by atoms with Crippen LogP contribution in [0.25, 0.3) is 0 Å². The van der Waals surface area contributed by atoms with E-state index in [1.807, 2.05) is 0 Å². The fraction of sp³-hybridized carbons (Fsp3) is 0.200. The highest BCUT2D eigenvalue weighted by Gasteiger charge is 2.07. The molecule has 0 aliphatic rings. The zero-order chi connectivity index (χ0) is 10.6. The molecule has 4 heteroatoms. The van der Waals surface area contributed by atoms with E-state index in [9.17, 15) is 4.79 Å². The van der Waals surface area contributed by atoms with Gasteiger partial charge in [0.15, 0.2) is 5.69 Å². The van der Waals surface area contributed by atoms with Crippen molar-refractivity contribution in [2.24, 2.45) is 5.73 Å². The lowest BCUT2D eigenvalue weighted by Crippen LogP contribution is -2.03. The standard InChI is InChI=1S/C10H10N2O2/c1-7-5-8(3-2-4-11)6-12-9(7)10(13)14/h5-6H,4,11H2,1H3,(H,13,14). The second kappa shape index (κ2) is 4.40. The fourth-order valence-corrected chi connectivity index (χ4v) is 1.02. The fourth-order valence-electron chi connectivity index (χ4n) is 1.02. The summed E-state index contributed by atoms with van der Waals surface area (Å²) in [6, 6.07) is 1.68. The van der Waals surface area contributed by atoms with Crippen LogP contribution in [0.4, 0.5) is 0 Å². The third-order valence-corrected chi connectivity index (χ3v) is 1.62. The lowest BCUT2D eigenvalue weighted by molar-refractivity contribution is 0.0689. The molecule has 0 aromatic carbocycles. The van der Waals surface area contributed by atoms with Crippen molar-refractivity contribution in [3.63, 3.8) is 0 Å². The van der Waals surface area contributed by atoms with Crippen LogP contribution in [0.1, 0.15) is 21.6 Å². The van der Waals surface area contributed by atoms with Gasteiger partial charge in [-0.2, -0.15) is 0 Å². The lowest BCUT2D eigenvalue weighted by Gasteiger charge is -1.98. The first-order valence-corrected chi connectivity index (χ1v) is 4.04. The Kier molecular flexibility index (Phi) is 3.21. The Morgan fingerprint density at radius 3 is 2.93 bits per heavy atom. The van der Waals surface area contributed by atoms with Crippen molar-refractivity contribution in [2.45, 2.75) is 6.92 Å². The van der Waals surface area contributed by atoms with Crippen LogP contribution in [-0.2, 0) is 0 Å². The van der Waals surface area contributed by atoms with E-state index < -0.39 is 5.97 Å². The summed E-state index contributed by atoms with van der Waals surface area (Å²) in [4.78, 5) is 14.4. The number of hydrogen-bond donors (Lipinski definition) is 2. The second-order valence-electron chi connectivity index (χ2n) is 2.70. The molecule has 1 rings (SSSR count). The topological polar surface area (TPSA) is 76.2 Å². The first-order chi connectivity index (χ1) is 6.65. The van der Waals surface area contributed by atoms with Crippen molar-refractivity contribution in [1.82, 2.24) is 4.98 Å². The Balaban J connectivity index is 3.06. The number of nitrogens with two attached hydrogens (primary N) is 1. The monoisotopic (exact) mass is 190 g/mol. The highest BCUT2D eigenvalue weighted by Crippen LogP contribution is 2.06. The van der Waals surface area contributed by atoms with Gasteiger partial charge >= 0.3 is 5.97 Å². The van der Waals surface area contributed by atoms with Crippen LogP contribution < -0.4 is 5.73 Å². The van der Waals surface area contributed by atoms with E-state index in [0.717, 1.165) is 0 Å². The Labute approximate surface area is 81.8 Å². The maximum absolute atomic E-state index is 10.6. The maximum Gasteiger partial charge on any atom is 0.354 e. The van der Waals surface area contributed by atoms with Gasteiger partial charge in [-0.05, 0) is 18.6 Å². The summed E-state index contributed by atoms with van der Waals surface area (Å²) >= 11 is 0. The summed E-state index contributed by atoms with van der Waals surface area (Å²) in [7, 11) is 0. The summed E-state index contributed by atoms with van der Waals surface area (Å²) < 4.78 is 0. The molecule has 72 valence electrons. The molecule has 0 radical (unpaired) electrons. The summed E-state index contributed by atoms with van der Waals surface area (Å²) in [5, 5.41) is 8.71. The molecule has 0 aliphatic carbocycles.